The number of aromatic nitrogens is 1. The number of anilines is 1. The van der Waals surface area contributed by atoms with Crippen molar-refractivity contribution in [3.05, 3.63) is 48.2 Å². The lowest BCUT2D eigenvalue weighted by Crippen LogP contribution is -2.19. The summed E-state index contributed by atoms with van der Waals surface area (Å²) in [5, 5.41) is 3.15. The molecule has 2 rings (SSSR count). The normalized spacial score (nSPS) is 10.5. The molecule has 4 nitrogen and oxygen atoms in total. The van der Waals surface area contributed by atoms with Crippen molar-refractivity contribution in [1.82, 2.24) is 10.3 Å². The molecule has 0 spiro atoms. The van der Waals surface area contributed by atoms with E-state index in [9.17, 15) is 0 Å². The summed E-state index contributed by atoms with van der Waals surface area (Å²) in [5.74, 6) is 0.958. The highest BCUT2D eigenvalue weighted by atomic mass is 16.3. The van der Waals surface area contributed by atoms with Crippen LogP contribution in [0.3, 0.4) is 0 Å². The van der Waals surface area contributed by atoms with Gasteiger partial charge >= 0.3 is 0 Å². The van der Waals surface area contributed by atoms with Crippen LogP contribution >= 0.6 is 0 Å². The number of hydrogen-bond donors (Lipinski definition) is 1. The number of hydrogen-bond acceptors (Lipinski definition) is 4. The van der Waals surface area contributed by atoms with E-state index in [2.05, 4.69) is 22.2 Å². The lowest BCUT2D eigenvalue weighted by Gasteiger charge is -2.21. The van der Waals surface area contributed by atoms with Gasteiger partial charge in [0.1, 0.15) is 5.76 Å². The average Bonchev–Trinajstić information content (AvgIpc) is 2.83. The third-order valence-electron chi connectivity index (χ3n) is 2.63. The first-order valence-electron chi connectivity index (χ1n) is 5.62. The van der Waals surface area contributed by atoms with Gasteiger partial charge in [0.25, 0.3) is 0 Å². The fourth-order valence-corrected chi connectivity index (χ4v) is 1.84. The maximum absolute atomic E-state index is 5.35. The standard InChI is InChI=1S/C13H17N3O/c1-14-8-11-9-15-6-5-13(11)16(2)10-12-4-3-7-17-12/h3-7,9,14H,8,10H2,1-2H3. The second-order valence-electron chi connectivity index (χ2n) is 3.97. The van der Waals surface area contributed by atoms with Gasteiger partial charge in [-0.3, -0.25) is 4.98 Å². The van der Waals surface area contributed by atoms with Crippen LogP contribution in [0.2, 0.25) is 0 Å². The highest BCUT2D eigenvalue weighted by molar-refractivity contribution is 5.51. The zero-order valence-corrected chi connectivity index (χ0v) is 10.2. The first kappa shape index (κ1) is 11.7. The number of pyridine rings is 1. The number of rotatable bonds is 5. The van der Waals surface area contributed by atoms with Gasteiger partial charge in [-0.2, -0.15) is 0 Å². The highest BCUT2D eigenvalue weighted by Gasteiger charge is 2.08. The second kappa shape index (κ2) is 5.50. The van der Waals surface area contributed by atoms with Crippen LogP contribution < -0.4 is 10.2 Å². The Balaban J connectivity index is 2.15. The SMILES string of the molecule is CNCc1cnccc1N(C)Cc1ccco1. The quantitative estimate of drug-likeness (QED) is 0.855. The molecular formula is C13H17N3O. The van der Waals surface area contributed by atoms with E-state index < -0.39 is 0 Å². The fraction of sp³-hybridized carbons (Fsp3) is 0.308. The minimum Gasteiger partial charge on any atom is -0.467 e. The van der Waals surface area contributed by atoms with Crippen LogP contribution in [-0.4, -0.2) is 19.1 Å². The van der Waals surface area contributed by atoms with E-state index in [0.29, 0.717) is 0 Å². The highest BCUT2D eigenvalue weighted by Crippen LogP contribution is 2.19. The third kappa shape index (κ3) is 2.85. The predicted molar refractivity (Wildman–Crippen MR) is 67.8 cm³/mol. The van der Waals surface area contributed by atoms with Crippen molar-refractivity contribution in [2.24, 2.45) is 0 Å². The molecular weight excluding hydrogens is 214 g/mol. The van der Waals surface area contributed by atoms with Crippen molar-refractivity contribution in [1.29, 1.82) is 0 Å². The molecule has 17 heavy (non-hydrogen) atoms. The summed E-state index contributed by atoms with van der Waals surface area (Å²) in [7, 11) is 3.99. The largest absolute Gasteiger partial charge is 0.467 e. The van der Waals surface area contributed by atoms with Gasteiger partial charge in [0.15, 0.2) is 0 Å². The van der Waals surface area contributed by atoms with E-state index in [4.69, 9.17) is 4.42 Å². The molecule has 0 radical (unpaired) electrons. The number of nitrogens with one attached hydrogen (secondary N) is 1. The van der Waals surface area contributed by atoms with Gasteiger partial charge in [-0.25, -0.2) is 0 Å². The summed E-state index contributed by atoms with van der Waals surface area (Å²) < 4.78 is 5.35. The molecule has 0 unspecified atom stereocenters. The van der Waals surface area contributed by atoms with Gasteiger partial charge in [0.05, 0.1) is 12.8 Å². The average molecular weight is 231 g/mol. The molecule has 2 aromatic heterocycles. The minimum atomic E-state index is 0.758. The van der Waals surface area contributed by atoms with E-state index in [0.717, 1.165) is 18.8 Å². The monoisotopic (exact) mass is 231 g/mol. The van der Waals surface area contributed by atoms with Crippen molar-refractivity contribution in [2.45, 2.75) is 13.1 Å². The Labute approximate surface area is 101 Å². The molecule has 0 aliphatic heterocycles. The molecule has 2 aromatic rings. The Kier molecular flexibility index (Phi) is 3.77. The summed E-state index contributed by atoms with van der Waals surface area (Å²) in [5.41, 5.74) is 2.36. The zero-order chi connectivity index (χ0) is 12.1. The zero-order valence-electron chi connectivity index (χ0n) is 10.2. The van der Waals surface area contributed by atoms with E-state index in [-0.39, 0.29) is 0 Å². The molecule has 0 atom stereocenters. The number of furan rings is 1. The Morgan fingerprint density at radius 3 is 3.00 bits per heavy atom. The smallest absolute Gasteiger partial charge is 0.123 e. The van der Waals surface area contributed by atoms with Gasteiger partial charge in [0, 0.05) is 37.2 Å². The first-order chi connectivity index (χ1) is 8.31. The van der Waals surface area contributed by atoms with E-state index in [1.54, 1.807) is 6.26 Å². The molecule has 4 heteroatoms. The summed E-state index contributed by atoms with van der Waals surface area (Å²) in [6.07, 6.45) is 5.40. The van der Waals surface area contributed by atoms with Crippen molar-refractivity contribution in [2.75, 3.05) is 19.0 Å². The van der Waals surface area contributed by atoms with Crippen LogP contribution in [0.1, 0.15) is 11.3 Å². The lowest BCUT2D eigenvalue weighted by molar-refractivity contribution is 0.507. The molecule has 0 bridgehead atoms. The predicted octanol–water partition coefficient (Wildman–Crippen LogP) is 2.03. The lowest BCUT2D eigenvalue weighted by atomic mass is 10.2. The summed E-state index contributed by atoms with van der Waals surface area (Å²) in [4.78, 5) is 6.31. The minimum absolute atomic E-state index is 0.758. The van der Waals surface area contributed by atoms with Gasteiger partial charge in [-0.15, -0.1) is 0 Å². The molecule has 2 heterocycles. The topological polar surface area (TPSA) is 41.3 Å². The molecule has 0 aliphatic rings. The van der Waals surface area contributed by atoms with Crippen LogP contribution in [-0.2, 0) is 13.1 Å². The van der Waals surface area contributed by atoms with Crippen molar-refractivity contribution < 1.29 is 4.42 Å². The summed E-state index contributed by atoms with van der Waals surface area (Å²) >= 11 is 0. The third-order valence-corrected chi connectivity index (χ3v) is 2.63. The van der Waals surface area contributed by atoms with Crippen LogP contribution in [0.15, 0.2) is 41.3 Å². The molecule has 0 aromatic carbocycles. The Morgan fingerprint density at radius 1 is 1.41 bits per heavy atom. The molecule has 0 aliphatic carbocycles. The first-order valence-corrected chi connectivity index (χ1v) is 5.62. The Morgan fingerprint density at radius 2 is 2.29 bits per heavy atom. The van der Waals surface area contributed by atoms with Gasteiger partial charge in [-0.1, -0.05) is 0 Å². The molecule has 0 fully saturated rings. The van der Waals surface area contributed by atoms with E-state index >= 15 is 0 Å². The van der Waals surface area contributed by atoms with Crippen LogP contribution in [0.4, 0.5) is 5.69 Å². The van der Waals surface area contributed by atoms with Gasteiger partial charge in [0.2, 0.25) is 0 Å². The maximum Gasteiger partial charge on any atom is 0.123 e. The van der Waals surface area contributed by atoms with E-state index in [1.807, 2.05) is 37.6 Å². The van der Waals surface area contributed by atoms with E-state index in [1.165, 1.54) is 11.3 Å². The fourth-order valence-electron chi connectivity index (χ4n) is 1.84. The van der Waals surface area contributed by atoms with Gasteiger partial charge < -0.3 is 14.6 Å². The van der Waals surface area contributed by atoms with Crippen molar-refractivity contribution >= 4 is 5.69 Å². The van der Waals surface area contributed by atoms with Gasteiger partial charge in [-0.05, 0) is 25.2 Å². The molecule has 90 valence electrons. The Bertz CT molecular complexity index is 453. The van der Waals surface area contributed by atoms with Crippen LogP contribution in [0, 0.1) is 0 Å². The molecule has 1 N–H and O–H groups in total. The summed E-state index contributed by atoms with van der Waals surface area (Å²) in [6.45, 7) is 1.57. The van der Waals surface area contributed by atoms with Crippen LogP contribution in [0.25, 0.3) is 0 Å². The van der Waals surface area contributed by atoms with Crippen molar-refractivity contribution in [3.8, 4) is 0 Å². The second-order valence-corrected chi connectivity index (χ2v) is 3.97. The maximum atomic E-state index is 5.35. The molecule has 0 saturated heterocycles. The number of nitrogens with zero attached hydrogens (tertiary/aromatic N) is 2. The van der Waals surface area contributed by atoms with Crippen LogP contribution in [0.5, 0.6) is 0 Å². The Hall–Kier alpha value is -1.81. The molecule has 0 saturated carbocycles. The summed E-state index contributed by atoms with van der Waals surface area (Å²) in [6, 6.07) is 5.91. The molecule has 0 amide bonds. The van der Waals surface area contributed by atoms with Crippen molar-refractivity contribution in [3.63, 3.8) is 0 Å².